The topological polar surface area (TPSA) is 49.3 Å². The highest BCUT2D eigenvalue weighted by molar-refractivity contribution is 5.83. The molecule has 3 nitrogen and oxygen atoms in total. The third kappa shape index (κ3) is 3.95. The van der Waals surface area contributed by atoms with Gasteiger partial charge in [0.1, 0.15) is 0 Å². The summed E-state index contributed by atoms with van der Waals surface area (Å²) in [6.07, 6.45) is 5.45. The molecule has 19 heavy (non-hydrogen) atoms. The first-order valence-corrected chi connectivity index (χ1v) is 7.67. The van der Waals surface area contributed by atoms with E-state index in [9.17, 15) is 9.90 Å². The monoisotopic (exact) mass is 269 g/mol. The zero-order valence-corrected chi connectivity index (χ0v) is 13.3. The third-order valence-electron chi connectivity index (χ3n) is 4.53. The van der Waals surface area contributed by atoms with Crippen LogP contribution < -0.4 is 5.32 Å². The van der Waals surface area contributed by atoms with Gasteiger partial charge in [0.15, 0.2) is 0 Å². The van der Waals surface area contributed by atoms with Crippen molar-refractivity contribution in [2.75, 3.05) is 6.61 Å². The van der Waals surface area contributed by atoms with Crippen LogP contribution in [0.15, 0.2) is 0 Å². The van der Waals surface area contributed by atoms with Gasteiger partial charge in [0.05, 0.1) is 17.6 Å². The van der Waals surface area contributed by atoms with E-state index < -0.39 is 5.54 Å². The van der Waals surface area contributed by atoms with Crippen LogP contribution in [0.25, 0.3) is 0 Å². The van der Waals surface area contributed by atoms with Gasteiger partial charge < -0.3 is 10.4 Å². The molecule has 2 N–H and O–H groups in total. The Bertz CT molecular complexity index is 312. The average Bonchev–Trinajstić information content (AvgIpc) is 2.31. The minimum absolute atomic E-state index is 0.0229. The number of nitrogens with one attached hydrogen (secondary N) is 1. The molecule has 0 aromatic carbocycles. The molecule has 1 saturated carbocycles. The summed E-state index contributed by atoms with van der Waals surface area (Å²) in [4.78, 5) is 12.8. The molecule has 1 aliphatic rings. The lowest BCUT2D eigenvalue weighted by molar-refractivity contribution is -0.140. The Labute approximate surface area is 118 Å². The fourth-order valence-electron chi connectivity index (χ4n) is 3.35. The van der Waals surface area contributed by atoms with E-state index in [1.165, 1.54) is 6.42 Å². The Morgan fingerprint density at radius 3 is 2.53 bits per heavy atom. The molecule has 0 aliphatic heterocycles. The molecular formula is C16H31NO2. The van der Waals surface area contributed by atoms with Crippen LogP contribution in [0.4, 0.5) is 0 Å². The quantitative estimate of drug-likeness (QED) is 0.805. The number of aliphatic hydroxyl groups excluding tert-OH is 1. The van der Waals surface area contributed by atoms with Crippen LogP contribution in [0, 0.1) is 17.3 Å². The van der Waals surface area contributed by atoms with Crippen LogP contribution >= 0.6 is 0 Å². The zero-order chi connectivity index (χ0) is 14.7. The van der Waals surface area contributed by atoms with Gasteiger partial charge >= 0.3 is 0 Å². The Morgan fingerprint density at radius 1 is 1.42 bits per heavy atom. The first-order valence-electron chi connectivity index (χ1n) is 7.67. The predicted molar refractivity (Wildman–Crippen MR) is 78.8 cm³/mol. The highest BCUT2D eigenvalue weighted by Crippen LogP contribution is 2.46. The SMILES string of the molecule is CC(C)CC1(C(=O)NC(C)(C)CO)CCCCC1C. The fourth-order valence-corrected chi connectivity index (χ4v) is 3.35. The maximum Gasteiger partial charge on any atom is 0.226 e. The van der Waals surface area contributed by atoms with Crippen molar-refractivity contribution in [1.82, 2.24) is 5.32 Å². The molecular weight excluding hydrogens is 238 g/mol. The van der Waals surface area contributed by atoms with Crippen molar-refractivity contribution in [3.05, 3.63) is 0 Å². The molecule has 112 valence electrons. The molecule has 2 atom stereocenters. The second-order valence-electron chi connectivity index (χ2n) is 7.40. The van der Waals surface area contributed by atoms with Crippen LogP contribution in [-0.2, 0) is 4.79 Å². The maximum absolute atomic E-state index is 12.8. The van der Waals surface area contributed by atoms with E-state index in [4.69, 9.17) is 0 Å². The first kappa shape index (κ1) is 16.5. The van der Waals surface area contributed by atoms with Gasteiger partial charge in [0, 0.05) is 0 Å². The minimum Gasteiger partial charge on any atom is -0.394 e. The van der Waals surface area contributed by atoms with Gasteiger partial charge in [-0.1, -0.05) is 33.6 Å². The molecule has 1 fully saturated rings. The number of rotatable bonds is 5. The number of aliphatic hydroxyl groups is 1. The van der Waals surface area contributed by atoms with E-state index in [0.29, 0.717) is 11.8 Å². The maximum atomic E-state index is 12.8. The molecule has 3 heteroatoms. The summed E-state index contributed by atoms with van der Waals surface area (Å²) in [7, 11) is 0. The first-order chi connectivity index (χ1) is 8.73. The third-order valence-corrected chi connectivity index (χ3v) is 4.53. The van der Waals surface area contributed by atoms with Crippen molar-refractivity contribution < 1.29 is 9.90 Å². The molecule has 0 radical (unpaired) electrons. The summed E-state index contributed by atoms with van der Waals surface area (Å²) in [5, 5.41) is 12.4. The smallest absolute Gasteiger partial charge is 0.226 e. The van der Waals surface area contributed by atoms with E-state index in [1.54, 1.807) is 0 Å². The van der Waals surface area contributed by atoms with Gasteiger partial charge in [-0.25, -0.2) is 0 Å². The van der Waals surface area contributed by atoms with Crippen LogP contribution in [0.5, 0.6) is 0 Å². The lowest BCUT2D eigenvalue weighted by Crippen LogP contribution is -2.55. The summed E-state index contributed by atoms with van der Waals surface area (Å²) in [5.41, 5.74) is -0.767. The lowest BCUT2D eigenvalue weighted by atomic mass is 9.62. The fraction of sp³-hybridized carbons (Fsp3) is 0.938. The van der Waals surface area contributed by atoms with E-state index >= 15 is 0 Å². The molecule has 1 aliphatic carbocycles. The molecule has 1 amide bonds. The van der Waals surface area contributed by atoms with Crippen molar-refractivity contribution >= 4 is 5.91 Å². The molecule has 0 bridgehead atoms. The Hall–Kier alpha value is -0.570. The van der Waals surface area contributed by atoms with Crippen LogP contribution in [0.1, 0.15) is 66.7 Å². The predicted octanol–water partition coefficient (Wildman–Crippen LogP) is 3.12. The molecule has 0 spiro atoms. The summed E-state index contributed by atoms with van der Waals surface area (Å²) >= 11 is 0. The van der Waals surface area contributed by atoms with Gasteiger partial charge in [-0.3, -0.25) is 4.79 Å². The van der Waals surface area contributed by atoms with Crippen molar-refractivity contribution in [3.63, 3.8) is 0 Å². The van der Waals surface area contributed by atoms with Crippen molar-refractivity contribution in [2.45, 2.75) is 72.3 Å². The summed E-state index contributed by atoms with van der Waals surface area (Å²) < 4.78 is 0. The van der Waals surface area contributed by atoms with Gasteiger partial charge in [-0.2, -0.15) is 0 Å². The number of amides is 1. The standard InChI is InChI=1S/C16H31NO2/c1-12(2)10-16(9-7-6-8-13(16)3)14(19)17-15(4,5)11-18/h12-13,18H,6-11H2,1-5H3,(H,17,19). The molecule has 0 heterocycles. The summed E-state index contributed by atoms with van der Waals surface area (Å²) in [6, 6.07) is 0. The van der Waals surface area contributed by atoms with E-state index in [0.717, 1.165) is 25.7 Å². The highest BCUT2D eigenvalue weighted by atomic mass is 16.3. The Balaban J connectivity index is 2.93. The number of carbonyl (C=O) groups excluding carboxylic acids is 1. The average molecular weight is 269 g/mol. The molecule has 1 rings (SSSR count). The second kappa shape index (κ2) is 6.25. The Morgan fingerprint density at radius 2 is 2.05 bits per heavy atom. The summed E-state index contributed by atoms with van der Waals surface area (Å²) in [6.45, 7) is 10.3. The van der Waals surface area contributed by atoms with Gasteiger partial charge in [0.25, 0.3) is 0 Å². The van der Waals surface area contributed by atoms with Gasteiger partial charge in [-0.05, 0) is 44.9 Å². The summed E-state index contributed by atoms with van der Waals surface area (Å²) in [5.74, 6) is 1.09. The highest BCUT2D eigenvalue weighted by Gasteiger charge is 2.45. The molecule has 2 unspecified atom stereocenters. The van der Waals surface area contributed by atoms with Crippen molar-refractivity contribution in [3.8, 4) is 0 Å². The normalized spacial score (nSPS) is 28.5. The van der Waals surface area contributed by atoms with E-state index in [1.807, 2.05) is 13.8 Å². The molecule has 0 saturated heterocycles. The second-order valence-corrected chi connectivity index (χ2v) is 7.40. The Kier molecular flexibility index (Phi) is 5.43. The van der Waals surface area contributed by atoms with Crippen LogP contribution in [0.3, 0.4) is 0 Å². The van der Waals surface area contributed by atoms with Crippen LogP contribution in [0.2, 0.25) is 0 Å². The zero-order valence-electron chi connectivity index (χ0n) is 13.3. The van der Waals surface area contributed by atoms with E-state index in [2.05, 4.69) is 26.1 Å². The molecule has 0 aromatic rings. The molecule has 0 aromatic heterocycles. The lowest BCUT2D eigenvalue weighted by Gasteiger charge is -2.44. The van der Waals surface area contributed by atoms with Gasteiger partial charge in [-0.15, -0.1) is 0 Å². The van der Waals surface area contributed by atoms with Crippen LogP contribution in [-0.4, -0.2) is 23.2 Å². The number of carbonyl (C=O) groups is 1. The van der Waals surface area contributed by atoms with Crippen molar-refractivity contribution in [1.29, 1.82) is 0 Å². The van der Waals surface area contributed by atoms with Crippen molar-refractivity contribution in [2.24, 2.45) is 17.3 Å². The van der Waals surface area contributed by atoms with Gasteiger partial charge in [0.2, 0.25) is 5.91 Å². The number of hydrogen-bond acceptors (Lipinski definition) is 2. The number of hydrogen-bond donors (Lipinski definition) is 2. The minimum atomic E-state index is -0.530. The largest absolute Gasteiger partial charge is 0.394 e. The van der Waals surface area contributed by atoms with E-state index in [-0.39, 0.29) is 17.9 Å².